The first kappa shape index (κ1) is 28.9. The van der Waals surface area contributed by atoms with Gasteiger partial charge in [0.25, 0.3) is 5.91 Å². The molecule has 1 unspecified atom stereocenters. The molecule has 4 aromatic rings. The van der Waals surface area contributed by atoms with E-state index in [4.69, 9.17) is 6.57 Å². The van der Waals surface area contributed by atoms with E-state index in [0.29, 0.717) is 29.7 Å². The lowest BCUT2D eigenvalue weighted by Gasteiger charge is -2.22. The van der Waals surface area contributed by atoms with Crippen molar-refractivity contribution < 1.29 is 31.1 Å². The third-order valence-corrected chi connectivity index (χ3v) is 6.77. The largest absolute Gasteiger partial charge is 0.435 e. The molecule has 6 nitrogen and oxygen atoms in total. The monoisotopic (exact) mass is 583 g/mol. The van der Waals surface area contributed by atoms with Gasteiger partial charge in [0, 0.05) is 11.8 Å². The van der Waals surface area contributed by atoms with Gasteiger partial charge in [0.2, 0.25) is 0 Å². The summed E-state index contributed by atoms with van der Waals surface area (Å²) in [7, 11) is 0. The van der Waals surface area contributed by atoms with Crippen LogP contribution < -0.4 is 10.6 Å². The van der Waals surface area contributed by atoms with Crippen LogP contribution in [-0.4, -0.2) is 22.2 Å². The van der Waals surface area contributed by atoms with Crippen molar-refractivity contribution in [2.24, 2.45) is 5.92 Å². The number of carbonyl (C=O) groups excluding carboxylic acids is 1. The highest BCUT2D eigenvalue weighted by Crippen LogP contribution is 2.35. The van der Waals surface area contributed by atoms with E-state index in [0.717, 1.165) is 29.7 Å². The summed E-state index contributed by atoms with van der Waals surface area (Å²) in [5.74, 6) is -0.476. The Morgan fingerprint density at radius 1 is 0.929 bits per heavy atom. The Labute approximate surface area is 236 Å². The van der Waals surface area contributed by atoms with Crippen LogP contribution in [0.1, 0.15) is 51.8 Å². The lowest BCUT2D eigenvalue weighted by atomic mass is 9.96. The fourth-order valence-corrected chi connectivity index (χ4v) is 4.49. The van der Waals surface area contributed by atoms with Crippen molar-refractivity contribution in [2.75, 3.05) is 11.9 Å². The molecular formula is C30H23F6N5O. The van der Waals surface area contributed by atoms with Gasteiger partial charge in [0.1, 0.15) is 5.69 Å². The second kappa shape index (κ2) is 11.3. The van der Waals surface area contributed by atoms with Gasteiger partial charge in [0.05, 0.1) is 23.9 Å². The van der Waals surface area contributed by atoms with Gasteiger partial charge in [0.15, 0.2) is 11.4 Å². The number of nitrogens with one attached hydrogen (secondary N) is 2. The second-order valence-corrected chi connectivity index (χ2v) is 9.94. The van der Waals surface area contributed by atoms with Crippen LogP contribution >= 0.6 is 0 Å². The molecule has 1 atom stereocenters. The van der Waals surface area contributed by atoms with Gasteiger partial charge in [-0.1, -0.05) is 36.4 Å². The zero-order chi connectivity index (χ0) is 30.1. The van der Waals surface area contributed by atoms with Crippen molar-refractivity contribution in [3.8, 4) is 5.69 Å². The molecule has 5 rings (SSSR count). The molecule has 3 aromatic carbocycles. The SMILES string of the molecule is [C-]#[N+]c1cccc(-n2nc(C(F)(F)F)cc2C(=O)Nc2cccc(C(NCC3CC3)c3cccc(C(F)(F)F)c3)c2)c1. The van der Waals surface area contributed by atoms with E-state index in [2.05, 4.69) is 20.6 Å². The van der Waals surface area contributed by atoms with Crippen LogP contribution in [0.2, 0.25) is 0 Å². The number of carbonyl (C=O) groups is 1. The van der Waals surface area contributed by atoms with E-state index < -0.39 is 41.3 Å². The number of alkyl halides is 6. The van der Waals surface area contributed by atoms with Gasteiger partial charge in [-0.05, 0) is 72.8 Å². The van der Waals surface area contributed by atoms with Crippen LogP contribution in [0.25, 0.3) is 10.5 Å². The predicted octanol–water partition coefficient (Wildman–Crippen LogP) is 7.80. The summed E-state index contributed by atoms with van der Waals surface area (Å²) in [5.41, 5.74) is -1.11. The number of hydrogen-bond acceptors (Lipinski definition) is 3. The number of anilines is 1. The molecule has 2 N–H and O–H groups in total. The molecule has 1 aromatic heterocycles. The Balaban J connectivity index is 1.47. The molecule has 42 heavy (non-hydrogen) atoms. The lowest BCUT2D eigenvalue weighted by Crippen LogP contribution is -2.25. The van der Waals surface area contributed by atoms with Crippen LogP contribution in [0, 0.1) is 12.5 Å². The highest BCUT2D eigenvalue weighted by molar-refractivity contribution is 6.03. The first-order chi connectivity index (χ1) is 19.9. The second-order valence-electron chi connectivity index (χ2n) is 9.94. The van der Waals surface area contributed by atoms with Gasteiger partial charge >= 0.3 is 12.4 Å². The van der Waals surface area contributed by atoms with Gasteiger partial charge in [-0.2, -0.15) is 31.4 Å². The molecule has 1 amide bonds. The lowest BCUT2D eigenvalue weighted by molar-refractivity contribution is -0.141. The molecule has 1 saturated carbocycles. The molecule has 0 spiro atoms. The van der Waals surface area contributed by atoms with Crippen molar-refractivity contribution in [3.05, 3.63) is 118 Å². The average Bonchev–Trinajstić information content (AvgIpc) is 3.66. The number of hydrogen-bond donors (Lipinski definition) is 2. The highest BCUT2D eigenvalue weighted by Gasteiger charge is 2.36. The number of rotatable bonds is 8. The third kappa shape index (κ3) is 6.63. The van der Waals surface area contributed by atoms with E-state index in [9.17, 15) is 31.1 Å². The third-order valence-electron chi connectivity index (χ3n) is 6.77. The van der Waals surface area contributed by atoms with Crippen molar-refractivity contribution in [1.82, 2.24) is 15.1 Å². The van der Waals surface area contributed by atoms with E-state index >= 15 is 0 Å². The summed E-state index contributed by atoms with van der Waals surface area (Å²) in [5, 5.41) is 9.49. The maximum absolute atomic E-state index is 13.5. The average molecular weight is 584 g/mol. The molecule has 0 radical (unpaired) electrons. The normalized spacial score (nSPS) is 14.3. The number of halogens is 6. The summed E-state index contributed by atoms with van der Waals surface area (Å²) in [6.45, 7) is 7.77. The standard InChI is InChI=1S/C30H23F6N5O/c1-37-22-8-4-10-24(15-22)41-25(16-26(40-41)30(34,35)36)28(42)39-23-9-3-6-20(14-23)27(38-17-18-11-12-18)19-5-2-7-21(13-19)29(31,32)33/h2-10,13-16,18,27,38H,11-12,17H2,(H,39,42). The Hall–Kier alpha value is -4.63. The summed E-state index contributed by atoms with van der Waals surface area (Å²) in [4.78, 5) is 16.6. The Morgan fingerprint density at radius 2 is 1.62 bits per heavy atom. The van der Waals surface area contributed by atoms with Gasteiger partial charge in [-0.3, -0.25) is 4.79 Å². The molecule has 1 aliphatic carbocycles. The van der Waals surface area contributed by atoms with Crippen LogP contribution in [-0.2, 0) is 12.4 Å². The molecule has 12 heteroatoms. The summed E-state index contributed by atoms with van der Waals surface area (Å²) >= 11 is 0. The zero-order valence-electron chi connectivity index (χ0n) is 21.8. The quantitative estimate of drug-likeness (QED) is 0.164. The smallest absolute Gasteiger partial charge is 0.321 e. The van der Waals surface area contributed by atoms with E-state index in [1.165, 1.54) is 36.4 Å². The number of aromatic nitrogens is 2. The fraction of sp³-hybridized carbons (Fsp3) is 0.233. The number of amides is 1. The van der Waals surface area contributed by atoms with E-state index in [1.54, 1.807) is 24.3 Å². The zero-order valence-corrected chi connectivity index (χ0v) is 21.8. The van der Waals surface area contributed by atoms with Crippen LogP contribution in [0.3, 0.4) is 0 Å². The maximum Gasteiger partial charge on any atom is 0.435 e. The molecule has 1 heterocycles. The van der Waals surface area contributed by atoms with Crippen molar-refractivity contribution >= 4 is 17.3 Å². The Bertz CT molecular complexity index is 1650. The minimum atomic E-state index is -4.83. The highest BCUT2D eigenvalue weighted by atomic mass is 19.4. The van der Waals surface area contributed by atoms with Crippen molar-refractivity contribution in [1.29, 1.82) is 0 Å². The van der Waals surface area contributed by atoms with Gasteiger partial charge < -0.3 is 10.6 Å². The fourth-order valence-electron chi connectivity index (χ4n) is 4.49. The summed E-state index contributed by atoms with van der Waals surface area (Å²) in [6, 6.07) is 17.0. The molecule has 1 fully saturated rings. The minimum Gasteiger partial charge on any atom is -0.321 e. The first-order valence-corrected chi connectivity index (χ1v) is 12.9. The molecule has 0 bridgehead atoms. The van der Waals surface area contributed by atoms with Crippen LogP contribution in [0.5, 0.6) is 0 Å². The maximum atomic E-state index is 13.5. The van der Waals surface area contributed by atoms with Gasteiger partial charge in [-0.15, -0.1) is 0 Å². The minimum absolute atomic E-state index is 0.0896. The summed E-state index contributed by atoms with van der Waals surface area (Å²) in [6.07, 6.45) is -7.32. The van der Waals surface area contributed by atoms with E-state index in [1.807, 2.05) is 0 Å². The summed E-state index contributed by atoms with van der Waals surface area (Å²) < 4.78 is 81.8. The predicted molar refractivity (Wildman–Crippen MR) is 143 cm³/mol. The molecule has 0 saturated heterocycles. The molecular weight excluding hydrogens is 560 g/mol. The van der Waals surface area contributed by atoms with Crippen molar-refractivity contribution in [2.45, 2.75) is 31.2 Å². The molecule has 216 valence electrons. The topological polar surface area (TPSA) is 63.3 Å². The first-order valence-electron chi connectivity index (χ1n) is 12.9. The molecule has 1 aliphatic rings. The Morgan fingerprint density at radius 3 is 2.29 bits per heavy atom. The van der Waals surface area contributed by atoms with Crippen LogP contribution in [0.4, 0.5) is 37.7 Å². The van der Waals surface area contributed by atoms with Gasteiger partial charge in [-0.25, -0.2) is 9.53 Å². The Kier molecular flexibility index (Phi) is 7.79. The molecule has 0 aliphatic heterocycles. The van der Waals surface area contributed by atoms with Crippen molar-refractivity contribution in [3.63, 3.8) is 0 Å². The number of nitrogens with zero attached hydrogens (tertiary/aromatic N) is 3. The number of benzene rings is 3. The van der Waals surface area contributed by atoms with E-state index in [-0.39, 0.29) is 17.1 Å². The van der Waals surface area contributed by atoms with Crippen LogP contribution in [0.15, 0.2) is 78.9 Å².